The van der Waals surface area contributed by atoms with Crippen molar-refractivity contribution in [3.63, 3.8) is 0 Å². The first kappa shape index (κ1) is 38.0. The number of rotatable bonds is 18. The molecule has 0 aliphatic carbocycles. The van der Waals surface area contributed by atoms with Gasteiger partial charge in [-0.25, -0.2) is 0 Å². The van der Waals surface area contributed by atoms with Crippen LogP contribution in [0.5, 0.6) is 40.2 Å². The first-order chi connectivity index (χ1) is 26.3. The molecule has 1 atom stereocenters. The summed E-state index contributed by atoms with van der Waals surface area (Å²) in [5.74, 6) is 4.43. The maximum Gasteiger partial charge on any atom is 0.255 e. The summed E-state index contributed by atoms with van der Waals surface area (Å²) >= 11 is 6.07. The van der Waals surface area contributed by atoms with Gasteiger partial charge in [0.1, 0.15) is 11.9 Å². The number of hydrogen-bond donors (Lipinski definition) is 2. The maximum atomic E-state index is 12.7. The average molecular weight is 758 g/mol. The quantitative estimate of drug-likeness (QED) is 0.0831. The molecule has 2 heterocycles. The van der Waals surface area contributed by atoms with Gasteiger partial charge in [0.25, 0.3) is 5.91 Å². The molecule has 0 radical (unpaired) electrons. The SMILES string of the molecule is COc1cc(C2NC(=O)c3cc(Cl)ccc3N2)ccc1OCCCCCCCOc1cc(-c2cc(-c3cc(OC)c(OC)c(OC)c3)on2)ccc1OC. The van der Waals surface area contributed by atoms with Crippen LogP contribution in [-0.2, 0) is 0 Å². The summed E-state index contributed by atoms with van der Waals surface area (Å²) < 4.78 is 45.5. The van der Waals surface area contributed by atoms with Gasteiger partial charge in [0, 0.05) is 27.9 Å². The highest BCUT2D eigenvalue weighted by Gasteiger charge is 2.26. The van der Waals surface area contributed by atoms with Crippen molar-refractivity contribution in [1.29, 1.82) is 0 Å². The highest BCUT2D eigenvalue weighted by molar-refractivity contribution is 6.31. The Hall–Kier alpha value is -5.75. The van der Waals surface area contributed by atoms with E-state index in [0.29, 0.717) is 75.5 Å². The van der Waals surface area contributed by atoms with E-state index in [1.165, 1.54) is 0 Å². The van der Waals surface area contributed by atoms with Gasteiger partial charge < -0.3 is 48.3 Å². The lowest BCUT2D eigenvalue weighted by molar-refractivity contribution is 0.0935. The molecule has 284 valence electrons. The lowest BCUT2D eigenvalue weighted by atomic mass is 10.1. The number of carbonyl (C=O) groups is 1. The molecule has 0 saturated carbocycles. The molecule has 13 heteroatoms. The van der Waals surface area contributed by atoms with Crippen molar-refractivity contribution >= 4 is 23.2 Å². The Labute approximate surface area is 319 Å². The minimum absolute atomic E-state index is 0.191. The summed E-state index contributed by atoms with van der Waals surface area (Å²) in [4.78, 5) is 12.7. The Kier molecular flexibility index (Phi) is 12.6. The van der Waals surface area contributed by atoms with Crippen molar-refractivity contribution in [3.05, 3.63) is 88.9 Å². The van der Waals surface area contributed by atoms with E-state index in [0.717, 1.165) is 54.5 Å². The summed E-state index contributed by atoms with van der Waals surface area (Å²) in [7, 11) is 7.92. The van der Waals surface area contributed by atoms with Crippen LogP contribution in [0, 0.1) is 0 Å². The van der Waals surface area contributed by atoms with E-state index < -0.39 is 6.17 Å². The van der Waals surface area contributed by atoms with Gasteiger partial charge in [0.2, 0.25) is 5.75 Å². The molecule has 1 aromatic heterocycles. The van der Waals surface area contributed by atoms with Crippen molar-refractivity contribution in [2.75, 3.05) is 54.1 Å². The molecule has 0 saturated heterocycles. The van der Waals surface area contributed by atoms with Crippen molar-refractivity contribution in [2.24, 2.45) is 0 Å². The van der Waals surface area contributed by atoms with Gasteiger partial charge in [-0.2, -0.15) is 0 Å². The van der Waals surface area contributed by atoms with Crippen LogP contribution >= 0.6 is 11.6 Å². The van der Waals surface area contributed by atoms with E-state index >= 15 is 0 Å². The first-order valence-corrected chi connectivity index (χ1v) is 18.0. The Morgan fingerprint density at radius 1 is 0.630 bits per heavy atom. The number of hydrogen-bond acceptors (Lipinski definition) is 11. The number of ether oxygens (including phenoxy) is 7. The molecule has 1 unspecified atom stereocenters. The largest absolute Gasteiger partial charge is 0.493 e. The van der Waals surface area contributed by atoms with E-state index in [2.05, 4.69) is 15.8 Å². The molecule has 12 nitrogen and oxygen atoms in total. The number of nitrogens with one attached hydrogen (secondary N) is 2. The van der Waals surface area contributed by atoms with Crippen LogP contribution in [0.25, 0.3) is 22.6 Å². The Bertz CT molecular complexity index is 2040. The zero-order chi connectivity index (χ0) is 38.0. The fraction of sp³-hybridized carbons (Fsp3) is 0.317. The summed E-state index contributed by atoms with van der Waals surface area (Å²) in [6, 6.07) is 22.0. The van der Waals surface area contributed by atoms with Crippen LogP contribution in [-0.4, -0.2) is 59.8 Å². The number of fused-ring (bicyclic) bond motifs is 1. The second-order valence-electron chi connectivity index (χ2n) is 12.5. The minimum Gasteiger partial charge on any atom is -0.493 e. The zero-order valence-electron chi connectivity index (χ0n) is 31.0. The summed E-state index contributed by atoms with van der Waals surface area (Å²) in [6.45, 7) is 1.11. The third-order valence-corrected chi connectivity index (χ3v) is 9.28. The summed E-state index contributed by atoms with van der Waals surface area (Å²) in [5.41, 5.74) is 4.29. The van der Waals surface area contributed by atoms with Crippen LogP contribution in [0.2, 0.25) is 5.02 Å². The van der Waals surface area contributed by atoms with Crippen LogP contribution in [0.1, 0.15) is 54.2 Å². The molecule has 1 aliphatic heterocycles. The number of unbranched alkanes of at least 4 members (excludes halogenated alkanes) is 4. The Morgan fingerprint density at radius 3 is 1.96 bits per heavy atom. The van der Waals surface area contributed by atoms with E-state index in [4.69, 9.17) is 49.3 Å². The van der Waals surface area contributed by atoms with Gasteiger partial charge in [-0.3, -0.25) is 4.79 Å². The van der Waals surface area contributed by atoms with Crippen LogP contribution in [0.15, 0.2) is 77.3 Å². The lowest BCUT2D eigenvalue weighted by Crippen LogP contribution is -2.38. The second kappa shape index (κ2) is 17.8. The van der Waals surface area contributed by atoms with Gasteiger partial charge in [-0.15, -0.1) is 0 Å². The third kappa shape index (κ3) is 8.71. The predicted octanol–water partition coefficient (Wildman–Crippen LogP) is 8.97. The third-order valence-electron chi connectivity index (χ3n) is 9.05. The molecule has 0 spiro atoms. The number of anilines is 1. The number of benzene rings is 4. The standard InChI is InChI=1S/C41H44ClN3O9/c1-47-32-15-11-25(31-24-34(54-45-31)27-21-37(49-3)39(51-5)38(22-27)50-4)19-36(32)53-18-10-8-6-7-9-17-52-33-16-12-26(20-35(33)48-2)40-43-30-14-13-28(42)23-29(30)41(46)44-40/h11-16,19-24,40,43H,6-10,17-18H2,1-5H3,(H,44,46). The molecule has 6 rings (SSSR count). The van der Waals surface area contributed by atoms with E-state index in [1.54, 1.807) is 53.7 Å². The fourth-order valence-corrected chi connectivity index (χ4v) is 6.37. The molecule has 0 bridgehead atoms. The van der Waals surface area contributed by atoms with Crippen molar-refractivity contribution in [1.82, 2.24) is 10.5 Å². The number of methoxy groups -OCH3 is 5. The molecule has 54 heavy (non-hydrogen) atoms. The maximum absolute atomic E-state index is 12.7. The fourth-order valence-electron chi connectivity index (χ4n) is 6.20. The number of carbonyl (C=O) groups excluding carboxylic acids is 1. The van der Waals surface area contributed by atoms with Gasteiger partial charge in [-0.1, -0.05) is 42.1 Å². The van der Waals surface area contributed by atoms with Crippen LogP contribution in [0.3, 0.4) is 0 Å². The molecule has 0 fully saturated rings. The predicted molar refractivity (Wildman–Crippen MR) is 206 cm³/mol. The van der Waals surface area contributed by atoms with Crippen molar-refractivity contribution in [2.45, 2.75) is 38.3 Å². The average Bonchev–Trinajstić information content (AvgIpc) is 3.70. The van der Waals surface area contributed by atoms with Gasteiger partial charge in [-0.05, 0) is 79.1 Å². The molecular weight excluding hydrogens is 714 g/mol. The number of nitrogens with zero attached hydrogens (tertiary/aromatic N) is 1. The Balaban J connectivity index is 0.948. The van der Waals surface area contributed by atoms with E-state index in [1.807, 2.05) is 54.6 Å². The molecule has 5 aromatic rings. The highest BCUT2D eigenvalue weighted by Crippen LogP contribution is 2.42. The first-order valence-electron chi connectivity index (χ1n) is 17.6. The lowest BCUT2D eigenvalue weighted by Gasteiger charge is -2.28. The van der Waals surface area contributed by atoms with E-state index in [-0.39, 0.29) is 5.91 Å². The summed E-state index contributed by atoms with van der Waals surface area (Å²) in [5, 5.41) is 11.1. The zero-order valence-corrected chi connectivity index (χ0v) is 31.7. The summed E-state index contributed by atoms with van der Waals surface area (Å²) in [6.07, 6.45) is 4.45. The topological polar surface area (TPSA) is 132 Å². The molecular formula is C41H44ClN3O9. The molecule has 4 aromatic carbocycles. The smallest absolute Gasteiger partial charge is 0.255 e. The minimum atomic E-state index is -0.411. The monoisotopic (exact) mass is 757 g/mol. The van der Waals surface area contributed by atoms with Gasteiger partial charge in [0.15, 0.2) is 40.3 Å². The normalized spacial score (nSPS) is 13.3. The second-order valence-corrected chi connectivity index (χ2v) is 12.9. The van der Waals surface area contributed by atoms with Gasteiger partial charge >= 0.3 is 0 Å². The Morgan fingerprint density at radius 2 is 1.28 bits per heavy atom. The van der Waals surface area contributed by atoms with Crippen molar-refractivity contribution < 1.29 is 42.5 Å². The van der Waals surface area contributed by atoms with E-state index in [9.17, 15) is 4.79 Å². The molecule has 2 N–H and O–H groups in total. The number of halogens is 1. The van der Waals surface area contributed by atoms with Gasteiger partial charge in [0.05, 0.1) is 54.3 Å². The molecule has 1 amide bonds. The van der Waals surface area contributed by atoms with Crippen LogP contribution < -0.4 is 43.8 Å². The van der Waals surface area contributed by atoms with Crippen molar-refractivity contribution in [3.8, 4) is 62.8 Å². The number of amides is 1. The van der Waals surface area contributed by atoms with Crippen LogP contribution in [0.4, 0.5) is 5.69 Å². The highest BCUT2D eigenvalue weighted by atomic mass is 35.5. The molecule has 1 aliphatic rings. The number of aromatic nitrogens is 1.